The summed E-state index contributed by atoms with van der Waals surface area (Å²) in [6.07, 6.45) is 2.59. The van der Waals surface area contributed by atoms with Crippen LogP contribution in [0.1, 0.15) is 25.3 Å². The highest BCUT2D eigenvalue weighted by Crippen LogP contribution is 2.35. The first kappa shape index (κ1) is 16.5. The molecule has 0 spiro atoms. The second-order valence-corrected chi connectivity index (χ2v) is 6.47. The summed E-state index contributed by atoms with van der Waals surface area (Å²) in [6.45, 7) is 1.86. The molecule has 116 valence electrons. The van der Waals surface area contributed by atoms with Gasteiger partial charge in [-0.2, -0.15) is 0 Å². The maximum atomic E-state index is 12.4. The Labute approximate surface area is 137 Å². The molecular weight excluding hydrogens is 322 g/mol. The molecule has 1 aromatic rings. The van der Waals surface area contributed by atoms with Crippen molar-refractivity contribution in [3.05, 3.63) is 34.7 Å². The zero-order valence-electron chi connectivity index (χ0n) is 11.9. The van der Waals surface area contributed by atoms with E-state index in [9.17, 15) is 19.8 Å². The SMILES string of the molecule is CCC[C@H](C(=O)O)N1C(=O)/C(=C/c2cccc(O)c2)SC1=S. The first-order valence-electron chi connectivity index (χ1n) is 6.73. The minimum Gasteiger partial charge on any atom is -0.508 e. The third-order valence-corrected chi connectivity index (χ3v) is 4.48. The Balaban J connectivity index is 2.30. The van der Waals surface area contributed by atoms with E-state index in [4.69, 9.17) is 12.2 Å². The van der Waals surface area contributed by atoms with Crippen molar-refractivity contribution in [3.8, 4) is 5.75 Å². The summed E-state index contributed by atoms with van der Waals surface area (Å²) in [4.78, 5) is 25.3. The minimum absolute atomic E-state index is 0.0959. The smallest absolute Gasteiger partial charge is 0.326 e. The molecule has 1 atom stereocenters. The van der Waals surface area contributed by atoms with E-state index in [1.807, 2.05) is 6.92 Å². The number of carbonyl (C=O) groups is 2. The molecule has 0 bridgehead atoms. The Morgan fingerprint density at radius 1 is 1.50 bits per heavy atom. The summed E-state index contributed by atoms with van der Waals surface area (Å²) in [5.41, 5.74) is 0.655. The minimum atomic E-state index is -1.06. The van der Waals surface area contributed by atoms with Gasteiger partial charge in [-0.1, -0.05) is 49.5 Å². The van der Waals surface area contributed by atoms with Gasteiger partial charge in [0, 0.05) is 0 Å². The fourth-order valence-corrected chi connectivity index (χ4v) is 3.51. The second kappa shape index (κ2) is 6.93. The van der Waals surface area contributed by atoms with Crippen molar-refractivity contribution in [2.24, 2.45) is 0 Å². The van der Waals surface area contributed by atoms with Crippen LogP contribution in [-0.4, -0.2) is 37.4 Å². The van der Waals surface area contributed by atoms with E-state index in [0.717, 1.165) is 11.8 Å². The predicted molar refractivity (Wildman–Crippen MR) is 89.5 cm³/mol. The topological polar surface area (TPSA) is 77.8 Å². The van der Waals surface area contributed by atoms with E-state index in [-0.39, 0.29) is 10.1 Å². The average molecular weight is 337 g/mol. The highest BCUT2D eigenvalue weighted by atomic mass is 32.2. The van der Waals surface area contributed by atoms with Gasteiger partial charge in [-0.15, -0.1) is 0 Å². The highest BCUT2D eigenvalue weighted by Gasteiger charge is 2.39. The first-order chi connectivity index (χ1) is 10.4. The third-order valence-electron chi connectivity index (χ3n) is 3.15. The van der Waals surface area contributed by atoms with Gasteiger partial charge in [0.1, 0.15) is 16.1 Å². The number of rotatable bonds is 5. The van der Waals surface area contributed by atoms with Crippen molar-refractivity contribution in [2.45, 2.75) is 25.8 Å². The van der Waals surface area contributed by atoms with Gasteiger partial charge in [-0.05, 0) is 30.2 Å². The molecule has 1 amide bonds. The third kappa shape index (κ3) is 3.48. The van der Waals surface area contributed by atoms with Crippen molar-refractivity contribution >= 4 is 46.3 Å². The van der Waals surface area contributed by atoms with Gasteiger partial charge in [-0.3, -0.25) is 9.69 Å². The average Bonchev–Trinajstić information content (AvgIpc) is 2.71. The molecule has 0 aliphatic carbocycles. The molecule has 22 heavy (non-hydrogen) atoms. The number of carboxylic acids is 1. The fraction of sp³-hybridized carbons (Fsp3) is 0.267. The van der Waals surface area contributed by atoms with Crippen LogP contribution in [0.3, 0.4) is 0 Å². The van der Waals surface area contributed by atoms with E-state index in [1.54, 1.807) is 18.2 Å². The molecule has 1 aliphatic heterocycles. The number of carbonyl (C=O) groups excluding carboxylic acids is 1. The molecule has 1 aliphatic rings. The van der Waals surface area contributed by atoms with Crippen LogP contribution in [-0.2, 0) is 9.59 Å². The quantitative estimate of drug-likeness (QED) is 0.635. The van der Waals surface area contributed by atoms with E-state index >= 15 is 0 Å². The Hall–Kier alpha value is -1.86. The fourth-order valence-electron chi connectivity index (χ4n) is 2.15. The molecule has 0 unspecified atom stereocenters. The molecule has 0 aromatic heterocycles. The van der Waals surface area contributed by atoms with E-state index < -0.39 is 17.9 Å². The lowest BCUT2D eigenvalue weighted by Gasteiger charge is -2.22. The lowest BCUT2D eigenvalue weighted by molar-refractivity contribution is -0.145. The summed E-state index contributed by atoms with van der Waals surface area (Å²) in [5, 5.41) is 18.8. The number of aliphatic carboxylic acids is 1. The van der Waals surface area contributed by atoms with Crippen LogP contribution >= 0.6 is 24.0 Å². The number of phenols is 1. The van der Waals surface area contributed by atoms with Gasteiger partial charge >= 0.3 is 5.97 Å². The Morgan fingerprint density at radius 2 is 2.23 bits per heavy atom. The van der Waals surface area contributed by atoms with Crippen molar-refractivity contribution < 1.29 is 19.8 Å². The maximum absolute atomic E-state index is 12.4. The molecule has 1 aromatic carbocycles. The zero-order chi connectivity index (χ0) is 16.3. The van der Waals surface area contributed by atoms with E-state index in [2.05, 4.69) is 0 Å². The molecule has 2 rings (SSSR count). The number of hydrogen-bond donors (Lipinski definition) is 2. The van der Waals surface area contributed by atoms with Crippen molar-refractivity contribution in [1.29, 1.82) is 0 Å². The monoisotopic (exact) mass is 337 g/mol. The molecule has 1 saturated heterocycles. The van der Waals surface area contributed by atoms with Crippen LogP contribution in [0.4, 0.5) is 0 Å². The molecule has 5 nitrogen and oxygen atoms in total. The van der Waals surface area contributed by atoms with Gasteiger partial charge in [0.2, 0.25) is 0 Å². The van der Waals surface area contributed by atoms with Gasteiger partial charge in [-0.25, -0.2) is 4.79 Å². The van der Waals surface area contributed by atoms with Gasteiger partial charge < -0.3 is 10.2 Å². The number of phenolic OH excluding ortho intramolecular Hbond substituents is 1. The first-order valence-corrected chi connectivity index (χ1v) is 7.95. The normalized spacial score (nSPS) is 18.0. The summed E-state index contributed by atoms with van der Waals surface area (Å²) >= 11 is 6.24. The Bertz CT molecular complexity index is 657. The number of thioether (sulfide) groups is 1. The summed E-state index contributed by atoms with van der Waals surface area (Å²) in [6, 6.07) is 5.52. The molecule has 0 radical (unpaired) electrons. The number of carboxylic acid groups (broad SMARTS) is 1. The molecule has 1 fully saturated rings. The van der Waals surface area contributed by atoms with Crippen LogP contribution in [0.2, 0.25) is 0 Å². The van der Waals surface area contributed by atoms with Crippen LogP contribution in [0.5, 0.6) is 5.75 Å². The van der Waals surface area contributed by atoms with Gasteiger partial charge in [0.25, 0.3) is 5.91 Å². The number of aromatic hydroxyl groups is 1. The number of benzene rings is 1. The number of thiocarbonyl (C=S) groups is 1. The second-order valence-electron chi connectivity index (χ2n) is 4.79. The maximum Gasteiger partial charge on any atom is 0.326 e. The molecule has 1 heterocycles. The molecular formula is C15H15NO4S2. The standard InChI is InChI=1S/C15H15NO4S2/c1-2-4-11(14(19)20)16-13(18)12(22-15(16)21)8-9-5-3-6-10(17)7-9/h3,5-8,11,17H,2,4H2,1H3,(H,19,20)/b12-8-/t11-/m1/s1. The van der Waals surface area contributed by atoms with Crippen LogP contribution in [0, 0.1) is 0 Å². The van der Waals surface area contributed by atoms with Crippen LogP contribution in [0.25, 0.3) is 6.08 Å². The summed E-state index contributed by atoms with van der Waals surface area (Å²) in [5.74, 6) is -1.37. The van der Waals surface area contributed by atoms with Crippen LogP contribution < -0.4 is 0 Å². The zero-order valence-corrected chi connectivity index (χ0v) is 13.5. The Morgan fingerprint density at radius 3 is 2.82 bits per heavy atom. The molecule has 0 saturated carbocycles. The Kier molecular flexibility index (Phi) is 5.20. The predicted octanol–water partition coefficient (Wildman–Crippen LogP) is 2.85. The van der Waals surface area contributed by atoms with E-state index in [1.165, 1.54) is 17.0 Å². The highest BCUT2D eigenvalue weighted by molar-refractivity contribution is 8.26. The number of hydrogen-bond acceptors (Lipinski definition) is 5. The molecule has 2 N–H and O–H groups in total. The number of amides is 1. The number of nitrogens with zero attached hydrogens (tertiary/aromatic N) is 1. The van der Waals surface area contributed by atoms with Crippen LogP contribution in [0.15, 0.2) is 29.2 Å². The van der Waals surface area contributed by atoms with Gasteiger partial charge in [0.05, 0.1) is 4.91 Å². The van der Waals surface area contributed by atoms with Crippen molar-refractivity contribution in [3.63, 3.8) is 0 Å². The lowest BCUT2D eigenvalue weighted by atomic mass is 10.1. The summed E-state index contributed by atoms with van der Waals surface area (Å²) in [7, 11) is 0. The largest absolute Gasteiger partial charge is 0.508 e. The van der Waals surface area contributed by atoms with E-state index in [0.29, 0.717) is 23.3 Å². The summed E-state index contributed by atoms with van der Waals surface area (Å²) < 4.78 is 0.247. The molecule has 7 heteroatoms. The van der Waals surface area contributed by atoms with Gasteiger partial charge in [0.15, 0.2) is 0 Å². The van der Waals surface area contributed by atoms with Crippen molar-refractivity contribution in [2.75, 3.05) is 0 Å². The lowest BCUT2D eigenvalue weighted by Crippen LogP contribution is -2.43. The van der Waals surface area contributed by atoms with Crippen molar-refractivity contribution in [1.82, 2.24) is 4.90 Å².